The summed E-state index contributed by atoms with van der Waals surface area (Å²) in [4.78, 5) is 0. The zero-order valence-corrected chi connectivity index (χ0v) is 8.48. The van der Waals surface area contributed by atoms with Crippen LogP contribution in [-0.4, -0.2) is 5.37 Å². The number of benzene rings is 1. The summed E-state index contributed by atoms with van der Waals surface area (Å²) in [7, 11) is 0. The summed E-state index contributed by atoms with van der Waals surface area (Å²) >= 11 is 7.46. The molecule has 0 saturated heterocycles. The van der Waals surface area contributed by atoms with Crippen molar-refractivity contribution in [3.63, 3.8) is 0 Å². The van der Waals surface area contributed by atoms with Crippen molar-refractivity contribution in [3.8, 4) is 0 Å². The lowest BCUT2D eigenvalue weighted by Gasteiger charge is -2.03. The molecule has 3 heteroatoms. The number of halogens is 1. The van der Waals surface area contributed by atoms with Crippen LogP contribution in [-0.2, 0) is 6.42 Å². The highest BCUT2D eigenvalue weighted by atomic mass is 79.9. The molecule has 1 aromatic rings. The maximum Gasteiger partial charge on any atom is 0.0518 e. The van der Waals surface area contributed by atoms with Gasteiger partial charge < -0.3 is 5.73 Å². The average molecular weight is 232 g/mol. The average Bonchev–Trinajstić information content (AvgIpc) is 1.93. The van der Waals surface area contributed by atoms with Crippen molar-refractivity contribution < 1.29 is 0 Å². The Balaban J connectivity index is 2.66. The van der Waals surface area contributed by atoms with Gasteiger partial charge in [-0.3, -0.25) is 0 Å². The molecule has 1 unspecified atom stereocenters. The smallest absolute Gasteiger partial charge is 0.0518 e. The molecule has 0 aliphatic carbocycles. The molecule has 2 N–H and O–H groups in total. The second-order valence-electron chi connectivity index (χ2n) is 2.40. The maximum absolute atomic E-state index is 5.51. The van der Waals surface area contributed by atoms with Crippen molar-refractivity contribution in [2.24, 2.45) is 5.73 Å². The fourth-order valence-corrected chi connectivity index (χ4v) is 1.34. The third-order valence-electron chi connectivity index (χ3n) is 1.36. The molecule has 1 nitrogen and oxygen atoms in total. The molecule has 0 heterocycles. The Bertz CT molecular complexity index is 220. The fourth-order valence-electron chi connectivity index (χ4n) is 0.862. The van der Waals surface area contributed by atoms with E-state index in [1.54, 1.807) is 0 Å². The van der Waals surface area contributed by atoms with Crippen LogP contribution in [0.5, 0.6) is 0 Å². The number of hydrogen-bond donors (Lipinski definition) is 2. The van der Waals surface area contributed by atoms with Gasteiger partial charge in [-0.2, -0.15) is 12.6 Å². The van der Waals surface area contributed by atoms with Crippen LogP contribution in [0.15, 0.2) is 28.7 Å². The third-order valence-corrected chi connectivity index (χ3v) is 2.07. The van der Waals surface area contributed by atoms with Gasteiger partial charge in [-0.1, -0.05) is 28.1 Å². The molecule has 0 aliphatic rings. The predicted octanol–water partition coefficient (Wildman–Crippen LogP) is 2.21. The quantitative estimate of drug-likeness (QED) is 0.593. The van der Waals surface area contributed by atoms with Gasteiger partial charge in [-0.15, -0.1) is 0 Å². The van der Waals surface area contributed by atoms with Gasteiger partial charge in [0.25, 0.3) is 0 Å². The highest BCUT2D eigenvalue weighted by Crippen LogP contribution is 2.11. The Hall–Kier alpha value is 0.01000. The van der Waals surface area contributed by atoms with Crippen LogP contribution >= 0.6 is 28.6 Å². The SMILES string of the molecule is NC(S)Cc1ccc(Br)cc1. The minimum absolute atomic E-state index is 0.0591. The molecule has 1 atom stereocenters. The minimum Gasteiger partial charge on any atom is -0.319 e. The van der Waals surface area contributed by atoms with Crippen LogP contribution in [0.2, 0.25) is 0 Å². The Kier molecular flexibility index (Phi) is 3.43. The summed E-state index contributed by atoms with van der Waals surface area (Å²) in [5.41, 5.74) is 6.73. The first-order chi connectivity index (χ1) is 5.18. The monoisotopic (exact) mass is 231 g/mol. The largest absolute Gasteiger partial charge is 0.319 e. The summed E-state index contributed by atoms with van der Waals surface area (Å²) in [5, 5.41) is -0.0591. The van der Waals surface area contributed by atoms with Crippen LogP contribution in [0, 0.1) is 0 Å². The molecule has 0 aromatic heterocycles. The van der Waals surface area contributed by atoms with Gasteiger partial charge in [0.05, 0.1) is 5.37 Å². The molecule has 60 valence electrons. The highest BCUT2D eigenvalue weighted by molar-refractivity contribution is 9.10. The van der Waals surface area contributed by atoms with E-state index in [-0.39, 0.29) is 5.37 Å². The van der Waals surface area contributed by atoms with Crippen LogP contribution in [0.1, 0.15) is 5.56 Å². The molecule has 0 spiro atoms. The van der Waals surface area contributed by atoms with E-state index in [1.165, 1.54) is 5.56 Å². The van der Waals surface area contributed by atoms with Crippen molar-refractivity contribution in [2.75, 3.05) is 0 Å². The van der Waals surface area contributed by atoms with E-state index in [4.69, 9.17) is 5.73 Å². The van der Waals surface area contributed by atoms with E-state index in [0.717, 1.165) is 10.9 Å². The first kappa shape index (κ1) is 9.10. The predicted molar refractivity (Wildman–Crippen MR) is 54.8 cm³/mol. The molecule has 1 aromatic carbocycles. The first-order valence-corrected chi connectivity index (χ1v) is 4.67. The van der Waals surface area contributed by atoms with E-state index in [9.17, 15) is 0 Å². The summed E-state index contributed by atoms with van der Waals surface area (Å²) in [6, 6.07) is 8.09. The Morgan fingerprint density at radius 2 is 1.91 bits per heavy atom. The van der Waals surface area contributed by atoms with Crippen molar-refractivity contribution in [3.05, 3.63) is 34.3 Å². The number of hydrogen-bond acceptors (Lipinski definition) is 2. The zero-order chi connectivity index (χ0) is 8.27. The molecule has 0 radical (unpaired) electrons. The molecule has 0 aliphatic heterocycles. The van der Waals surface area contributed by atoms with E-state index in [2.05, 4.69) is 28.6 Å². The van der Waals surface area contributed by atoms with Gasteiger partial charge >= 0.3 is 0 Å². The van der Waals surface area contributed by atoms with Crippen LogP contribution in [0.25, 0.3) is 0 Å². The van der Waals surface area contributed by atoms with Crippen molar-refractivity contribution in [1.82, 2.24) is 0 Å². The Morgan fingerprint density at radius 3 is 2.36 bits per heavy atom. The molecule has 0 amide bonds. The van der Waals surface area contributed by atoms with E-state index in [1.807, 2.05) is 24.3 Å². The van der Waals surface area contributed by atoms with Crippen LogP contribution in [0.3, 0.4) is 0 Å². The Labute approximate surface area is 80.5 Å². The summed E-state index contributed by atoms with van der Waals surface area (Å²) in [6.45, 7) is 0. The van der Waals surface area contributed by atoms with E-state index in [0.29, 0.717) is 0 Å². The van der Waals surface area contributed by atoms with Gasteiger partial charge in [0.1, 0.15) is 0 Å². The second kappa shape index (κ2) is 4.14. The molecule has 11 heavy (non-hydrogen) atoms. The van der Waals surface area contributed by atoms with E-state index < -0.39 is 0 Å². The molecule has 0 saturated carbocycles. The standard InChI is InChI=1S/C8H10BrNS/c9-7-3-1-6(2-4-7)5-8(10)11/h1-4,8,11H,5,10H2. The molecule has 0 fully saturated rings. The zero-order valence-electron chi connectivity index (χ0n) is 6.00. The topological polar surface area (TPSA) is 26.0 Å². The lowest BCUT2D eigenvalue weighted by molar-refractivity contribution is 0.909. The minimum atomic E-state index is -0.0591. The molecule has 0 bridgehead atoms. The number of rotatable bonds is 2. The van der Waals surface area contributed by atoms with Gasteiger partial charge in [-0.25, -0.2) is 0 Å². The molecular formula is C8H10BrNS. The normalized spacial score (nSPS) is 13.0. The number of thiol groups is 1. The molecular weight excluding hydrogens is 222 g/mol. The summed E-state index contributed by atoms with van der Waals surface area (Å²) in [6.07, 6.45) is 0.816. The fraction of sp³-hybridized carbons (Fsp3) is 0.250. The second-order valence-corrected chi connectivity index (χ2v) is 3.98. The van der Waals surface area contributed by atoms with Crippen LogP contribution in [0.4, 0.5) is 0 Å². The van der Waals surface area contributed by atoms with Crippen molar-refractivity contribution in [2.45, 2.75) is 11.8 Å². The van der Waals surface area contributed by atoms with E-state index >= 15 is 0 Å². The van der Waals surface area contributed by atoms with Crippen molar-refractivity contribution >= 4 is 28.6 Å². The van der Waals surface area contributed by atoms with Crippen LogP contribution < -0.4 is 5.73 Å². The first-order valence-electron chi connectivity index (χ1n) is 3.36. The Morgan fingerprint density at radius 1 is 1.36 bits per heavy atom. The lowest BCUT2D eigenvalue weighted by atomic mass is 10.1. The van der Waals surface area contributed by atoms with Gasteiger partial charge in [-0.05, 0) is 24.1 Å². The summed E-state index contributed by atoms with van der Waals surface area (Å²) in [5.74, 6) is 0. The third kappa shape index (κ3) is 3.27. The lowest BCUT2D eigenvalue weighted by Crippen LogP contribution is -2.14. The van der Waals surface area contributed by atoms with Crippen molar-refractivity contribution in [1.29, 1.82) is 0 Å². The summed E-state index contributed by atoms with van der Waals surface area (Å²) < 4.78 is 1.09. The van der Waals surface area contributed by atoms with Gasteiger partial charge in [0, 0.05) is 4.47 Å². The van der Waals surface area contributed by atoms with Gasteiger partial charge in [0.2, 0.25) is 0 Å². The molecule has 1 rings (SSSR count). The highest BCUT2D eigenvalue weighted by Gasteiger charge is 1.96. The van der Waals surface area contributed by atoms with Gasteiger partial charge in [0.15, 0.2) is 0 Å². The number of nitrogens with two attached hydrogens (primary N) is 1. The maximum atomic E-state index is 5.51.